The van der Waals surface area contributed by atoms with Gasteiger partial charge in [-0.1, -0.05) is 31.4 Å². The maximum atomic E-state index is 5.81. The molecule has 2 nitrogen and oxygen atoms in total. The lowest BCUT2D eigenvalue weighted by atomic mass is 9.84. The van der Waals surface area contributed by atoms with Crippen LogP contribution in [0.1, 0.15) is 27.7 Å². The molecule has 0 fully saturated rings. The van der Waals surface area contributed by atoms with Crippen LogP contribution in [0.25, 0.3) is 0 Å². The van der Waals surface area contributed by atoms with Crippen molar-refractivity contribution >= 4 is 41.4 Å². The largest absolute Gasteiger partial charge is 0.467 e. The summed E-state index contributed by atoms with van der Waals surface area (Å²) in [5.41, 5.74) is 0.918. The number of hydrogen-bond donors (Lipinski definition) is 0. The highest BCUT2D eigenvalue weighted by atomic mass is 127. The first kappa shape index (κ1) is 15.3. The number of halogens is 1. The molecule has 0 saturated heterocycles. The van der Waals surface area contributed by atoms with Crippen LogP contribution in [0, 0.1) is 5.92 Å². The molecule has 17 heavy (non-hydrogen) atoms. The second-order valence-corrected chi connectivity index (χ2v) is 6.42. The third-order valence-corrected chi connectivity index (χ3v) is 3.90. The van der Waals surface area contributed by atoms with Gasteiger partial charge >= 0.3 is 7.48 Å². The summed E-state index contributed by atoms with van der Waals surface area (Å²) >= 11 is 2.21. The molecule has 5 heteroatoms. The molecule has 0 amide bonds. The summed E-state index contributed by atoms with van der Waals surface area (Å²) in [6.45, 7) is 8.97. The molecule has 1 aromatic rings. The van der Waals surface area contributed by atoms with Crippen molar-refractivity contribution in [3.63, 3.8) is 0 Å². The monoisotopic (exact) mass is 363 g/mol. The molecule has 0 aliphatic heterocycles. The molecule has 1 unspecified atom stereocenters. The van der Waals surface area contributed by atoms with Gasteiger partial charge in [0.2, 0.25) is 0 Å². The molecular formula is C12H18BIO2P. The van der Waals surface area contributed by atoms with E-state index in [4.69, 9.17) is 9.18 Å². The second kappa shape index (κ2) is 6.96. The highest BCUT2D eigenvalue weighted by molar-refractivity contribution is 14.2. The van der Waals surface area contributed by atoms with Crippen molar-refractivity contribution in [1.82, 2.24) is 0 Å². The zero-order valence-electron chi connectivity index (χ0n) is 10.7. The fourth-order valence-corrected chi connectivity index (χ4v) is 2.00. The van der Waals surface area contributed by atoms with Gasteiger partial charge in [0.25, 0.3) is 0 Å². The fourth-order valence-electron chi connectivity index (χ4n) is 1.01. The fraction of sp³-hybridized carbons (Fsp3) is 0.500. The molecule has 93 valence electrons. The Bertz CT molecular complexity index is 341. The Hall–Kier alpha value is 0.205. The smallest absolute Gasteiger partial charge is 0.330 e. The summed E-state index contributed by atoms with van der Waals surface area (Å²) in [4.78, 5) is 0. The number of hydrogen-bond acceptors (Lipinski definition) is 2. The lowest BCUT2D eigenvalue weighted by Gasteiger charge is -2.30. The van der Waals surface area contributed by atoms with Crippen molar-refractivity contribution in [3.05, 3.63) is 24.3 Å². The van der Waals surface area contributed by atoms with Crippen LogP contribution in [0.5, 0.6) is 5.75 Å². The van der Waals surface area contributed by atoms with Crippen molar-refractivity contribution in [2.75, 3.05) is 0 Å². The molecule has 0 aliphatic carbocycles. The number of rotatable bonds is 6. The molecule has 0 N–H and O–H groups in total. The second-order valence-electron chi connectivity index (χ2n) is 4.74. The standard InChI is InChI=1S/C12H18BIO2P/c1-9(2)12(3,4)16-13-10-5-7-11(8-6-10)15-17-14/h5-9,17H,1-4H3. The van der Waals surface area contributed by atoms with Gasteiger partial charge < -0.3 is 9.18 Å². The minimum Gasteiger partial charge on any atom is -0.467 e. The Morgan fingerprint density at radius 3 is 2.29 bits per heavy atom. The minimum absolute atomic E-state index is 0.140. The van der Waals surface area contributed by atoms with Crippen LogP contribution in [0.3, 0.4) is 0 Å². The zero-order valence-corrected chi connectivity index (χ0v) is 13.8. The summed E-state index contributed by atoms with van der Waals surface area (Å²) in [5, 5.41) is 0. The SMILES string of the molecule is CC(C)C(C)(C)O[B]c1ccc(OPI)cc1. The molecule has 0 saturated carbocycles. The molecule has 0 bridgehead atoms. The van der Waals surface area contributed by atoms with E-state index < -0.39 is 0 Å². The molecule has 0 heterocycles. The summed E-state index contributed by atoms with van der Waals surface area (Å²) in [5.74, 6) is 1.37. The van der Waals surface area contributed by atoms with Crippen molar-refractivity contribution in [3.8, 4) is 5.75 Å². The van der Waals surface area contributed by atoms with Crippen LogP contribution in [-0.4, -0.2) is 13.1 Å². The predicted molar refractivity (Wildman–Crippen MR) is 84.8 cm³/mol. The van der Waals surface area contributed by atoms with Crippen LogP contribution in [0.4, 0.5) is 0 Å². The van der Waals surface area contributed by atoms with Crippen molar-refractivity contribution < 1.29 is 9.18 Å². The van der Waals surface area contributed by atoms with Crippen LogP contribution >= 0.6 is 28.5 Å². The minimum atomic E-state index is -0.140. The third-order valence-electron chi connectivity index (χ3n) is 2.93. The Kier molecular flexibility index (Phi) is 6.25. The van der Waals surface area contributed by atoms with E-state index in [2.05, 4.69) is 49.7 Å². The van der Waals surface area contributed by atoms with Crippen molar-refractivity contribution in [1.29, 1.82) is 0 Å². The van der Waals surface area contributed by atoms with Gasteiger partial charge in [0, 0.05) is 5.60 Å². The predicted octanol–water partition coefficient (Wildman–Crippen LogP) is 3.70. The van der Waals surface area contributed by atoms with E-state index in [0.29, 0.717) is 12.4 Å². The van der Waals surface area contributed by atoms with Crippen LogP contribution in [-0.2, 0) is 4.65 Å². The molecule has 0 aliphatic rings. The summed E-state index contributed by atoms with van der Waals surface area (Å²) < 4.78 is 11.2. The van der Waals surface area contributed by atoms with Gasteiger partial charge in [-0.25, -0.2) is 0 Å². The molecule has 1 atom stereocenters. The third kappa shape index (κ3) is 5.15. The van der Waals surface area contributed by atoms with Crippen molar-refractivity contribution in [2.24, 2.45) is 5.92 Å². The highest BCUT2D eigenvalue weighted by Crippen LogP contribution is 2.25. The van der Waals surface area contributed by atoms with Gasteiger partial charge in [0.05, 0.1) is 0 Å². The summed E-state index contributed by atoms with van der Waals surface area (Å²) in [6, 6.07) is 7.93. The van der Waals surface area contributed by atoms with E-state index in [9.17, 15) is 0 Å². The van der Waals surface area contributed by atoms with Gasteiger partial charge in [0.15, 0.2) is 0 Å². The van der Waals surface area contributed by atoms with Gasteiger partial charge in [-0.3, -0.25) is 0 Å². The average molecular weight is 363 g/mol. The maximum Gasteiger partial charge on any atom is 0.330 e. The Labute approximate surface area is 119 Å². The van der Waals surface area contributed by atoms with Crippen molar-refractivity contribution in [2.45, 2.75) is 33.3 Å². The van der Waals surface area contributed by atoms with Gasteiger partial charge in [-0.2, -0.15) is 0 Å². The molecule has 0 aromatic heterocycles. The van der Waals surface area contributed by atoms with Gasteiger partial charge in [-0.05, 0) is 53.9 Å². The first-order chi connectivity index (χ1) is 7.95. The molecule has 1 aromatic carbocycles. The molecule has 1 rings (SSSR count). The van der Waals surface area contributed by atoms with E-state index in [1.165, 1.54) is 0 Å². The summed E-state index contributed by atoms with van der Waals surface area (Å²) in [7, 11) is 1.82. The van der Waals surface area contributed by atoms with E-state index in [1.54, 1.807) is 0 Å². The van der Waals surface area contributed by atoms with E-state index in [1.807, 2.05) is 31.7 Å². The Balaban J connectivity index is 2.52. The number of benzene rings is 1. The van der Waals surface area contributed by atoms with Gasteiger partial charge in [-0.15, -0.1) is 0 Å². The lowest BCUT2D eigenvalue weighted by molar-refractivity contribution is 0.0668. The topological polar surface area (TPSA) is 18.5 Å². The average Bonchev–Trinajstić information content (AvgIpc) is 2.28. The lowest BCUT2D eigenvalue weighted by Crippen LogP contribution is -2.36. The summed E-state index contributed by atoms with van der Waals surface area (Å²) in [6.07, 6.45) is 0. The quantitative estimate of drug-likeness (QED) is 0.436. The maximum absolute atomic E-state index is 5.81. The van der Waals surface area contributed by atoms with Crippen LogP contribution in [0.15, 0.2) is 24.3 Å². The van der Waals surface area contributed by atoms with Crippen LogP contribution < -0.4 is 9.99 Å². The van der Waals surface area contributed by atoms with E-state index in [0.717, 1.165) is 11.2 Å². The Morgan fingerprint density at radius 1 is 1.24 bits per heavy atom. The van der Waals surface area contributed by atoms with E-state index in [-0.39, 0.29) is 5.60 Å². The highest BCUT2D eigenvalue weighted by Gasteiger charge is 2.22. The molecular weight excluding hydrogens is 345 g/mol. The first-order valence-corrected chi connectivity index (χ1v) is 9.61. The van der Waals surface area contributed by atoms with Gasteiger partial charge in [0.1, 0.15) is 12.2 Å². The first-order valence-electron chi connectivity index (χ1n) is 5.59. The van der Waals surface area contributed by atoms with Crippen LogP contribution in [0.2, 0.25) is 0 Å². The Morgan fingerprint density at radius 2 is 1.82 bits per heavy atom. The molecule has 0 spiro atoms. The normalized spacial score (nSPS) is 12.4. The van der Waals surface area contributed by atoms with E-state index >= 15 is 0 Å². The zero-order chi connectivity index (χ0) is 12.9. The molecule has 1 radical (unpaired) electrons.